The van der Waals surface area contributed by atoms with Crippen LogP contribution in [0.3, 0.4) is 0 Å². The third kappa shape index (κ3) is 2.10. The van der Waals surface area contributed by atoms with Crippen LogP contribution in [0.2, 0.25) is 0 Å². The number of methoxy groups -OCH3 is 1. The number of halogens is 1. The number of carboxylic acids is 1. The lowest BCUT2D eigenvalue weighted by molar-refractivity contribution is 0.0690. The molecule has 2 rings (SSSR count). The number of carbonyl (C=O) groups is 1. The Kier molecular flexibility index (Phi) is 2.78. The van der Waals surface area contributed by atoms with Crippen LogP contribution in [0.15, 0.2) is 28.9 Å². The van der Waals surface area contributed by atoms with Gasteiger partial charge in [-0.1, -0.05) is 0 Å². The highest BCUT2D eigenvalue weighted by Crippen LogP contribution is 2.25. The molecule has 1 aromatic heterocycles. The lowest BCUT2D eigenvalue weighted by atomic mass is 10.2. The van der Waals surface area contributed by atoms with Crippen LogP contribution in [0.25, 0.3) is 11.5 Å². The molecular formula is C11H8FNO4. The fraction of sp³-hybridized carbons (Fsp3) is 0.0909. The molecule has 0 atom stereocenters. The highest BCUT2D eigenvalue weighted by molar-refractivity contribution is 5.85. The first-order valence-corrected chi connectivity index (χ1v) is 4.64. The number of rotatable bonds is 3. The molecule has 1 heterocycles. The van der Waals surface area contributed by atoms with Gasteiger partial charge in [-0.3, -0.25) is 0 Å². The minimum absolute atomic E-state index is 0.0394. The second-order valence-electron chi connectivity index (χ2n) is 3.19. The standard InChI is InChI=1S/C11H8FNO4/c1-16-9-4-6(2-3-7(9)12)10-13-8(5-17-10)11(14)15/h2-5H,1H3,(H,14,15). The van der Waals surface area contributed by atoms with Gasteiger partial charge in [0, 0.05) is 5.56 Å². The summed E-state index contributed by atoms with van der Waals surface area (Å²) >= 11 is 0. The Hall–Kier alpha value is -2.37. The van der Waals surface area contributed by atoms with E-state index in [1.54, 1.807) is 0 Å². The third-order valence-corrected chi connectivity index (χ3v) is 2.12. The summed E-state index contributed by atoms with van der Waals surface area (Å²) in [6.45, 7) is 0. The number of carboxylic acid groups (broad SMARTS) is 1. The molecule has 0 fully saturated rings. The molecule has 0 aliphatic heterocycles. The van der Waals surface area contributed by atoms with E-state index in [4.69, 9.17) is 14.3 Å². The highest BCUT2D eigenvalue weighted by Gasteiger charge is 2.13. The maximum Gasteiger partial charge on any atom is 0.357 e. The number of nitrogens with zero attached hydrogens (tertiary/aromatic N) is 1. The molecule has 0 spiro atoms. The van der Waals surface area contributed by atoms with E-state index >= 15 is 0 Å². The molecule has 0 radical (unpaired) electrons. The van der Waals surface area contributed by atoms with E-state index in [9.17, 15) is 9.18 Å². The van der Waals surface area contributed by atoms with Gasteiger partial charge in [-0.2, -0.15) is 0 Å². The Balaban J connectivity index is 2.42. The van der Waals surface area contributed by atoms with Gasteiger partial charge < -0.3 is 14.3 Å². The molecular weight excluding hydrogens is 229 g/mol. The summed E-state index contributed by atoms with van der Waals surface area (Å²) < 4.78 is 22.9. The molecule has 17 heavy (non-hydrogen) atoms. The van der Waals surface area contributed by atoms with Crippen molar-refractivity contribution in [2.24, 2.45) is 0 Å². The number of hydrogen-bond donors (Lipinski definition) is 1. The summed E-state index contributed by atoms with van der Waals surface area (Å²) in [6.07, 6.45) is 1.02. The van der Waals surface area contributed by atoms with Gasteiger partial charge in [0.2, 0.25) is 5.89 Å². The monoisotopic (exact) mass is 237 g/mol. The van der Waals surface area contributed by atoms with E-state index in [1.165, 1.54) is 25.3 Å². The summed E-state index contributed by atoms with van der Waals surface area (Å²) in [5.74, 6) is -1.56. The molecule has 1 N–H and O–H groups in total. The fourth-order valence-corrected chi connectivity index (χ4v) is 1.30. The van der Waals surface area contributed by atoms with E-state index in [1.807, 2.05) is 0 Å². The summed E-state index contributed by atoms with van der Waals surface area (Å²) in [5, 5.41) is 8.68. The molecule has 0 unspecified atom stereocenters. The zero-order valence-electron chi connectivity index (χ0n) is 8.81. The Bertz CT molecular complexity index is 564. The van der Waals surface area contributed by atoms with Crippen molar-refractivity contribution in [2.45, 2.75) is 0 Å². The van der Waals surface area contributed by atoms with Gasteiger partial charge in [0.15, 0.2) is 17.3 Å². The molecule has 0 saturated carbocycles. The maximum atomic E-state index is 13.1. The molecule has 0 aliphatic carbocycles. The summed E-state index contributed by atoms with van der Waals surface area (Å²) in [4.78, 5) is 14.4. The first-order chi connectivity index (χ1) is 8.11. The predicted molar refractivity (Wildman–Crippen MR) is 55.4 cm³/mol. The van der Waals surface area contributed by atoms with Crippen LogP contribution in [0.5, 0.6) is 5.75 Å². The van der Waals surface area contributed by atoms with Gasteiger partial charge in [-0.15, -0.1) is 0 Å². The molecule has 0 saturated heterocycles. The van der Waals surface area contributed by atoms with Crippen molar-refractivity contribution < 1.29 is 23.4 Å². The van der Waals surface area contributed by atoms with Gasteiger partial charge in [0.25, 0.3) is 0 Å². The second kappa shape index (κ2) is 4.25. The first kappa shape index (κ1) is 11.1. The van der Waals surface area contributed by atoms with Gasteiger partial charge in [-0.05, 0) is 18.2 Å². The third-order valence-electron chi connectivity index (χ3n) is 2.12. The van der Waals surface area contributed by atoms with Crippen molar-refractivity contribution in [3.63, 3.8) is 0 Å². The molecule has 88 valence electrons. The number of ether oxygens (including phenoxy) is 1. The summed E-state index contributed by atoms with van der Waals surface area (Å²) in [6, 6.07) is 4.00. The molecule has 2 aromatic rings. The van der Waals surface area contributed by atoms with Crippen LogP contribution < -0.4 is 4.74 Å². The average molecular weight is 237 g/mol. The van der Waals surface area contributed by atoms with Gasteiger partial charge in [-0.25, -0.2) is 14.2 Å². The summed E-state index contributed by atoms with van der Waals surface area (Å²) in [7, 11) is 1.33. The lowest BCUT2D eigenvalue weighted by Crippen LogP contribution is -1.95. The van der Waals surface area contributed by atoms with Crippen LogP contribution >= 0.6 is 0 Å². The van der Waals surface area contributed by atoms with Crippen molar-refractivity contribution in [2.75, 3.05) is 7.11 Å². The largest absolute Gasteiger partial charge is 0.494 e. The van der Waals surface area contributed by atoms with Gasteiger partial charge in [0.1, 0.15) is 6.26 Å². The van der Waals surface area contributed by atoms with Crippen LogP contribution in [0, 0.1) is 5.82 Å². The number of oxazole rings is 1. The molecule has 0 bridgehead atoms. The van der Waals surface area contributed by atoms with E-state index in [2.05, 4.69) is 4.98 Å². The highest BCUT2D eigenvalue weighted by atomic mass is 19.1. The Morgan fingerprint density at radius 2 is 2.29 bits per heavy atom. The normalized spacial score (nSPS) is 10.2. The smallest absolute Gasteiger partial charge is 0.357 e. The van der Waals surface area contributed by atoms with E-state index in [0.717, 1.165) is 6.26 Å². The maximum absolute atomic E-state index is 13.1. The fourth-order valence-electron chi connectivity index (χ4n) is 1.30. The summed E-state index contributed by atoms with van der Waals surface area (Å²) in [5.41, 5.74) is 0.235. The SMILES string of the molecule is COc1cc(-c2nc(C(=O)O)co2)ccc1F. The van der Waals surface area contributed by atoms with Crippen molar-refractivity contribution in [1.29, 1.82) is 0 Å². The number of aromatic carboxylic acids is 1. The topological polar surface area (TPSA) is 72.6 Å². The Morgan fingerprint density at radius 1 is 1.53 bits per heavy atom. The van der Waals surface area contributed by atoms with E-state index in [-0.39, 0.29) is 17.3 Å². The number of aromatic nitrogens is 1. The van der Waals surface area contributed by atoms with Crippen molar-refractivity contribution in [3.8, 4) is 17.2 Å². The van der Waals surface area contributed by atoms with Crippen LogP contribution in [-0.2, 0) is 0 Å². The predicted octanol–water partition coefficient (Wildman–Crippen LogP) is 2.19. The molecule has 5 nitrogen and oxygen atoms in total. The Labute approximate surface area is 95.5 Å². The van der Waals surface area contributed by atoms with E-state index < -0.39 is 11.8 Å². The minimum Gasteiger partial charge on any atom is -0.494 e. The van der Waals surface area contributed by atoms with Gasteiger partial charge in [0.05, 0.1) is 7.11 Å². The number of benzene rings is 1. The van der Waals surface area contributed by atoms with Crippen LogP contribution in [0.4, 0.5) is 4.39 Å². The zero-order chi connectivity index (χ0) is 12.4. The Morgan fingerprint density at radius 3 is 2.88 bits per heavy atom. The van der Waals surface area contributed by atoms with Crippen molar-refractivity contribution in [3.05, 3.63) is 36.0 Å². The van der Waals surface area contributed by atoms with Crippen LogP contribution in [-0.4, -0.2) is 23.2 Å². The molecule has 0 amide bonds. The number of hydrogen-bond acceptors (Lipinski definition) is 4. The average Bonchev–Trinajstić information content (AvgIpc) is 2.79. The quantitative estimate of drug-likeness (QED) is 0.885. The minimum atomic E-state index is -1.19. The van der Waals surface area contributed by atoms with Crippen molar-refractivity contribution >= 4 is 5.97 Å². The zero-order valence-corrected chi connectivity index (χ0v) is 8.81. The first-order valence-electron chi connectivity index (χ1n) is 4.64. The van der Waals surface area contributed by atoms with Crippen LogP contribution in [0.1, 0.15) is 10.5 Å². The van der Waals surface area contributed by atoms with Gasteiger partial charge >= 0.3 is 5.97 Å². The second-order valence-corrected chi connectivity index (χ2v) is 3.19. The lowest BCUT2D eigenvalue weighted by Gasteiger charge is -2.02. The van der Waals surface area contributed by atoms with E-state index in [0.29, 0.717) is 5.56 Å². The molecule has 6 heteroatoms. The molecule has 1 aromatic carbocycles. The van der Waals surface area contributed by atoms with Crippen molar-refractivity contribution in [1.82, 2.24) is 4.98 Å². The molecule has 0 aliphatic rings.